The van der Waals surface area contributed by atoms with Crippen LogP contribution in [0.1, 0.15) is 25.7 Å². The van der Waals surface area contributed by atoms with Gasteiger partial charge in [0, 0.05) is 6.04 Å². The molecule has 0 saturated heterocycles. The van der Waals surface area contributed by atoms with Gasteiger partial charge in [0.05, 0.1) is 0 Å². The Bertz CT molecular complexity index is 244. The van der Waals surface area contributed by atoms with E-state index in [4.69, 9.17) is 0 Å². The fraction of sp³-hybridized carbons (Fsp3) is 0.833. The summed E-state index contributed by atoms with van der Waals surface area (Å²) in [6.07, 6.45) is 3.99. The zero-order valence-electron chi connectivity index (χ0n) is 6.62. The van der Waals surface area contributed by atoms with E-state index in [0.29, 0.717) is 0 Å². The summed E-state index contributed by atoms with van der Waals surface area (Å²) in [5.74, 6) is 0. The quantitative estimate of drug-likeness (QED) is 0.590. The molecule has 0 radical (unpaired) electrons. The van der Waals surface area contributed by atoms with Crippen molar-refractivity contribution in [2.75, 3.05) is 0 Å². The molecule has 0 unspecified atom stereocenters. The molecule has 0 aromatic carbocycles. The van der Waals surface area contributed by atoms with Crippen molar-refractivity contribution < 1.29 is 13.2 Å². The Labute approximate surface area is 71.7 Å². The molecule has 0 aromatic heterocycles. The lowest BCUT2D eigenvalue weighted by molar-refractivity contribution is -0.108. The van der Waals surface area contributed by atoms with Gasteiger partial charge < -0.3 is 0 Å². The van der Waals surface area contributed by atoms with Gasteiger partial charge in [0.25, 0.3) is 0 Å². The summed E-state index contributed by atoms with van der Waals surface area (Å²) >= 11 is 0. The number of hydrogen-bond donors (Lipinski definition) is 2. The van der Waals surface area contributed by atoms with Gasteiger partial charge in [0.2, 0.25) is 6.41 Å². The normalized spacial score (nSPS) is 19.3. The first kappa shape index (κ1) is 9.47. The number of rotatable bonds is 4. The minimum atomic E-state index is -3.58. The number of carbonyl (C=O) groups is 1. The maximum Gasteiger partial charge on any atom is 0.301 e. The highest BCUT2D eigenvalue weighted by molar-refractivity contribution is 7.88. The smallest absolute Gasteiger partial charge is 0.278 e. The third-order valence-corrected chi connectivity index (χ3v) is 2.93. The van der Waals surface area contributed by atoms with Crippen LogP contribution >= 0.6 is 0 Å². The maximum atomic E-state index is 10.9. The van der Waals surface area contributed by atoms with Gasteiger partial charge in [-0.1, -0.05) is 12.8 Å². The second kappa shape index (κ2) is 3.86. The van der Waals surface area contributed by atoms with E-state index < -0.39 is 10.2 Å². The van der Waals surface area contributed by atoms with Gasteiger partial charge in [0.15, 0.2) is 0 Å². The molecule has 0 atom stereocenters. The van der Waals surface area contributed by atoms with E-state index in [0.717, 1.165) is 25.7 Å². The van der Waals surface area contributed by atoms with Crippen LogP contribution in [0.5, 0.6) is 0 Å². The second-order valence-electron chi connectivity index (χ2n) is 2.84. The first-order valence-electron chi connectivity index (χ1n) is 3.87. The Kier molecular flexibility index (Phi) is 3.05. The van der Waals surface area contributed by atoms with Crippen LogP contribution in [0.25, 0.3) is 0 Å². The van der Waals surface area contributed by atoms with E-state index in [1.165, 1.54) is 0 Å². The van der Waals surface area contributed by atoms with Gasteiger partial charge in [-0.05, 0) is 12.8 Å². The van der Waals surface area contributed by atoms with Crippen molar-refractivity contribution in [3.05, 3.63) is 0 Å². The number of carbonyl (C=O) groups excluding carboxylic acids is 1. The molecule has 6 heteroatoms. The van der Waals surface area contributed by atoms with E-state index in [-0.39, 0.29) is 12.5 Å². The first-order chi connectivity index (χ1) is 5.64. The fourth-order valence-electron chi connectivity index (χ4n) is 1.36. The minimum Gasteiger partial charge on any atom is -0.278 e. The van der Waals surface area contributed by atoms with Crippen molar-refractivity contribution >= 4 is 16.6 Å². The largest absolute Gasteiger partial charge is 0.301 e. The van der Waals surface area contributed by atoms with Gasteiger partial charge in [0.1, 0.15) is 0 Å². The highest BCUT2D eigenvalue weighted by Crippen LogP contribution is 2.17. The van der Waals surface area contributed by atoms with Crippen LogP contribution in [0.15, 0.2) is 0 Å². The topological polar surface area (TPSA) is 75.3 Å². The monoisotopic (exact) mass is 192 g/mol. The van der Waals surface area contributed by atoms with E-state index in [9.17, 15) is 13.2 Å². The number of amides is 1. The van der Waals surface area contributed by atoms with E-state index in [2.05, 4.69) is 4.72 Å². The molecule has 0 spiro atoms. The minimum absolute atomic E-state index is 0.00227. The lowest BCUT2D eigenvalue weighted by Gasteiger charge is -2.10. The van der Waals surface area contributed by atoms with Crippen LogP contribution in [-0.4, -0.2) is 20.9 Å². The lowest BCUT2D eigenvalue weighted by atomic mass is 10.3. The van der Waals surface area contributed by atoms with Crippen molar-refractivity contribution in [2.45, 2.75) is 31.7 Å². The predicted molar refractivity (Wildman–Crippen MR) is 43.5 cm³/mol. The van der Waals surface area contributed by atoms with Gasteiger partial charge in [-0.2, -0.15) is 13.1 Å². The molecule has 0 aliphatic heterocycles. The standard InChI is InChI=1S/C6H12N2O3S/c9-5-7-12(10,11)8-6-3-1-2-4-6/h5-6,8H,1-4H2,(H,7,9). The molecule has 1 rings (SSSR count). The van der Waals surface area contributed by atoms with Gasteiger partial charge >= 0.3 is 10.2 Å². The Morgan fingerprint density at radius 2 is 1.83 bits per heavy atom. The molecule has 70 valence electrons. The molecule has 1 amide bonds. The zero-order chi connectivity index (χ0) is 9.03. The molecular weight excluding hydrogens is 180 g/mol. The third kappa shape index (κ3) is 2.78. The van der Waals surface area contributed by atoms with Crippen molar-refractivity contribution in [1.29, 1.82) is 0 Å². The van der Waals surface area contributed by atoms with E-state index in [1.54, 1.807) is 4.72 Å². The van der Waals surface area contributed by atoms with Crippen LogP contribution in [0, 0.1) is 0 Å². The second-order valence-corrected chi connectivity index (χ2v) is 4.32. The summed E-state index contributed by atoms with van der Waals surface area (Å²) in [6.45, 7) is 0. The van der Waals surface area contributed by atoms with Crippen molar-refractivity contribution in [2.24, 2.45) is 0 Å². The number of nitrogens with one attached hydrogen (secondary N) is 2. The molecule has 1 aliphatic carbocycles. The molecule has 0 heterocycles. The summed E-state index contributed by atoms with van der Waals surface area (Å²) in [7, 11) is -3.58. The predicted octanol–water partition coefficient (Wildman–Crippen LogP) is -0.491. The van der Waals surface area contributed by atoms with Gasteiger partial charge in [-0.15, -0.1) is 0 Å². The van der Waals surface area contributed by atoms with Crippen LogP contribution in [0.3, 0.4) is 0 Å². The van der Waals surface area contributed by atoms with Crippen LogP contribution in [0.2, 0.25) is 0 Å². The van der Waals surface area contributed by atoms with Gasteiger partial charge in [-0.3, -0.25) is 4.79 Å². The Balaban J connectivity index is 2.43. The average Bonchev–Trinajstić information content (AvgIpc) is 2.38. The van der Waals surface area contributed by atoms with Crippen LogP contribution in [0.4, 0.5) is 0 Å². The molecule has 1 saturated carbocycles. The molecule has 12 heavy (non-hydrogen) atoms. The Hall–Kier alpha value is -0.620. The molecule has 0 aromatic rings. The summed E-state index contributed by atoms with van der Waals surface area (Å²) in [4.78, 5) is 9.86. The molecule has 1 fully saturated rings. The summed E-state index contributed by atoms with van der Waals surface area (Å²) in [5.41, 5.74) is 0. The first-order valence-corrected chi connectivity index (χ1v) is 5.35. The van der Waals surface area contributed by atoms with Crippen molar-refractivity contribution in [1.82, 2.24) is 9.44 Å². The fourth-order valence-corrected chi connectivity index (χ4v) is 2.23. The van der Waals surface area contributed by atoms with Crippen LogP contribution < -0.4 is 9.44 Å². The van der Waals surface area contributed by atoms with Crippen molar-refractivity contribution in [3.63, 3.8) is 0 Å². The molecular formula is C6H12N2O3S. The lowest BCUT2D eigenvalue weighted by Crippen LogP contribution is -2.40. The molecule has 2 N–H and O–H groups in total. The highest BCUT2D eigenvalue weighted by atomic mass is 32.2. The number of hydrogen-bond acceptors (Lipinski definition) is 3. The summed E-state index contributed by atoms with van der Waals surface area (Å²) < 4.78 is 26.0. The SMILES string of the molecule is O=CNS(=O)(=O)NC1CCCC1. The summed E-state index contributed by atoms with van der Waals surface area (Å²) in [6, 6.07) is 0.00227. The van der Waals surface area contributed by atoms with Crippen LogP contribution in [-0.2, 0) is 15.0 Å². The van der Waals surface area contributed by atoms with E-state index in [1.807, 2.05) is 0 Å². The van der Waals surface area contributed by atoms with E-state index >= 15 is 0 Å². The van der Waals surface area contributed by atoms with Crippen molar-refractivity contribution in [3.8, 4) is 0 Å². The average molecular weight is 192 g/mol. The molecule has 1 aliphatic rings. The highest BCUT2D eigenvalue weighted by Gasteiger charge is 2.20. The third-order valence-electron chi connectivity index (χ3n) is 1.88. The Morgan fingerprint density at radius 1 is 1.25 bits per heavy atom. The Morgan fingerprint density at radius 3 is 2.33 bits per heavy atom. The summed E-state index contributed by atoms with van der Waals surface area (Å²) in [5, 5.41) is 0. The molecule has 0 bridgehead atoms. The van der Waals surface area contributed by atoms with Gasteiger partial charge in [-0.25, -0.2) is 4.72 Å². The zero-order valence-corrected chi connectivity index (χ0v) is 7.43. The maximum absolute atomic E-state index is 10.9. The molecule has 5 nitrogen and oxygen atoms in total.